The molecule has 0 aliphatic heterocycles. The number of aliphatic hydroxyl groups is 1. The van der Waals surface area contributed by atoms with E-state index >= 15 is 0 Å². The molecule has 2 aromatic rings. The number of rotatable bonds is 5. The third kappa shape index (κ3) is 2.74. The molecule has 0 bridgehead atoms. The van der Waals surface area contributed by atoms with E-state index in [2.05, 4.69) is 24.2 Å². The zero-order valence-corrected chi connectivity index (χ0v) is 10.0. The summed E-state index contributed by atoms with van der Waals surface area (Å²) in [5, 5.41) is 12.9. The van der Waals surface area contributed by atoms with Gasteiger partial charge in [-0.05, 0) is 18.4 Å². The predicted molar refractivity (Wildman–Crippen MR) is 66.7 cm³/mol. The van der Waals surface area contributed by atoms with Crippen molar-refractivity contribution in [2.75, 3.05) is 6.61 Å². The number of aliphatic hydroxyl groups excluding tert-OH is 1. The zero-order valence-electron chi connectivity index (χ0n) is 10.0. The quantitative estimate of drug-likeness (QED) is 0.860. The molecule has 2 rings (SSSR count). The highest BCUT2D eigenvalue weighted by molar-refractivity contribution is 5.63. The lowest BCUT2D eigenvalue weighted by molar-refractivity contribution is 0.280. The maximum atomic E-state index is 8.77. The van der Waals surface area contributed by atoms with E-state index < -0.39 is 0 Å². The van der Waals surface area contributed by atoms with Crippen LogP contribution >= 0.6 is 0 Å². The summed E-state index contributed by atoms with van der Waals surface area (Å²) in [6.07, 6.45) is 2.43. The lowest BCUT2D eigenvalue weighted by atomic mass is 10.0. The van der Waals surface area contributed by atoms with E-state index in [9.17, 15) is 0 Å². The van der Waals surface area contributed by atoms with Crippen LogP contribution in [0.5, 0.6) is 0 Å². The van der Waals surface area contributed by atoms with Crippen LogP contribution in [0, 0.1) is 0 Å². The molecule has 3 nitrogen and oxygen atoms in total. The lowest BCUT2D eigenvalue weighted by Gasteiger charge is -2.02. The second kappa shape index (κ2) is 5.64. The van der Waals surface area contributed by atoms with Gasteiger partial charge < -0.3 is 9.63 Å². The van der Waals surface area contributed by atoms with Crippen LogP contribution in [0.15, 0.2) is 34.9 Å². The summed E-state index contributed by atoms with van der Waals surface area (Å²) in [5.41, 5.74) is 3.29. The molecular weight excluding hydrogens is 214 g/mol. The Kier molecular flexibility index (Phi) is 3.94. The van der Waals surface area contributed by atoms with Gasteiger partial charge in [0.05, 0.1) is 0 Å². The molecule has 0 radical (unpaired) electrons. The highest BCUT2D eigenvalue weighted by atomic mass is 16.5. The fraction of sp³-hybridized carbons (Fsp3) is 0.357. The molecule has 0 atom stereocenters. The lowest BCUT2D eigenvalue weighted by Crippen LogP contribution is -1.87. The van der Waals surface area contributed by atoms with Gasteiger partial charge in [-0.2, -0.15) is 0 Å². The van der Waals surface area contributed by atoms with Crippen molar-refractivity contribution in [1.29, 1.82) is 0 Å². The highest BCUT2D eigenvalue weighted by Crippen LogP contribution is 2.24. The Balaban J connectivity index is 2.24. The Morgan fingerprint density at radius 1 is 1.29 bits per heavy atom. The summed E-state index contributed by atoms with van der Waals surface area (Å²) >= 11 is 0. The van der Waals surface area contributed by atoms with Crippen molar-refractivity contribution in [3.63, 3.8) is 0 Å². The van der Waals surface area contributed by atoms with Crippen molar-refractivity contribution in [3.8, 4) is 11.3 Å². The summed E-state index contributed by atoms with van der Waals surface area (Å²) in [6, 6.07) is 10.2. The predicted octanol–water partition coefficient (Wildman–Crippen LogP) is 2.83. The van der Waals surface area contributed by atoms with Gasteiger partial charge in [-0.25, -0.2) is 0 Å². The van der Waals surface area contributed by atoms with Crippen molar-refractivity contribution >= 4 is 0 Å². The van der Waals surface area contributed by atoms with Gasteiger partial charge in [0.2, 0.25) is 0 Å². The number of aromatic nitrogens is 1. The third-order valence-corrected chi connectivity index (χ3v) is 2.81. The SMILES string of the molecule is CCc1ccccc1-c1cc(CCCO)on1. The fourth-order valence-electron chi connectivity index (χ4n) is 1.89. The molecule has 0 saturated heterocycles. The van der Waals surface area contributed by atoms with E-state index in [1.807, 2.05) is 18.2 Å². The largest absolute Gasteiger partial charge is 0.396 e. The van der Waals surface area contributed by atoms with Crippen LogP contribution in [0.4, 0.5) is 0 Å². The van der Waals surface area contributed by atoms with Crippen LogP contribution in [0.3, 0.4) is 0 Å². The Morgan fingerprint density at radius 3 is 2.88 bits per heavy atom. The second-order valence-electron chi connectivity index (χ2n) is 4.02. The van der Waals surface area contributed by atoms with E-state index in [1.54, 1.807) is 0 Å². The minimum atomic E-state index is 0.182. The van der Waals surface area contributed by atoms with Gasteiger partial charge in [0, 0.05) is 24.7 Å². The van der Waals surface area contributed by atoms with Crippen LogP contribution in [-0.2, 0) is 12.8 Å². The van der Waals surface area contributed by atoms with Crippen molar-refractivity contribution in [2.24, 2.45) is 0 Å². The van der Waals surface area contributed by atoms with Crippen molar-refractivity contribution < 1.29 is 9.63 Å². The van der Waals surface area contributed by atoms with Gasteiger partial charge in [0.1, 0.15) is 11.5 Å². The minimum absolute atomic E-state index is 0.182. The van der Waals surface area contributed by atoms with Crippen LogP contribution < -0.4 is 0 Å². The van der Waals surface area contributed by atoms with Crippen LogP contribution in [0.25, 0.3) is 11.3 Å². The Morgan fingerprint density at radius 2 is 2.12 bits per heavy atom. The summed E-state index contributed by atoms with van der Waals surface area (Å²) in [6.45, 7) is 2.31. The molecule has 17 heavy (non-hydrogen) atoms. The maximum absolute atomic E-state index is 8.77. The molecule has 3 heteroatoms. The molecule has 0 spiro atoms. The van der Waals surface area contributed by atoms with E-state index in [-0.39, 0.29) is 6.61 Å². The molecule has 90 valence electrons. The Bertz CT molecular complexity index is 477. The van der Waals surface area contributed by atoms with Gasteiger partial charge in [-0.3, -0.25) is 0 Å². The van der Waals surface area contributed by atoms with Crippen molar-refractivity contribution in [3.05, 3.63) is 41.7 Å². The number of benzene rings is 1. The van der Waals surface area contributed by atoms with E-state index in [0.717, 1.165) is 29.9 Å². The summed E-state index contributed by atoms with van der Waals surface area (Å²) in [5.74, 6) is 0.833. The average Bonchev–Trinajstić information content (AvgIpc) is 2.85. The number of hydrogen-bond acceptors (Lipinski definition) is 3. The molecule has 1 aromatic carbocycles. The van der Waals surface area contributed by atoms with Gasteiger partial charge in [0.25, 0.3) is 0 Å². The number of aryl methyl sites for hydroxylation is 2. The Hall–Kier alpha value is -1.61. The Labute approximate surface area is 101 Å². The third-order valence-electron chi connectivity index (χ3n) is 2.81. The van der Waals surface area contributed by atoms with Crippen molar-refractivity contribution in [2.45, 2.75) is 26.2 Å². The van der Waals surface area contributed by atoms with Gasteiger partial charge in [-0.1, -0.05) is 36.3 Å². The number of hydrogen-bond donors (Lipinski definition) is 1. The molecule has 0 aliphatic rings. The standard InChI is InChI=1S/C14H17NO2/c1-2-11-6-3-4-8-13(11)14-10-12(17-15-14)7-5-9-16/h3-4,6,8,10,16H,2,5,7,9H2,1H3. The average molecular weight is 231 g/mol. The van der Waals surface area contributed by atoms with Crippen LogP contribution in [-0.4, -0.2) is 16.9 Å². The topological polar surface area (TPSA) is 46.3 Å². The molecule has 1 heterocycles. The maximum Gasteiger partial charge on any atom is 0.137 e. The molecule has 0 unspecified atom stereocenters. The molecule has 1 N–H and O–H groups in total. The monoisotopic (exact) mass is 231 g/mol. The van der Waals surface area contributed by atoms with Crippen LogP contribution in [0.2, 0.25) is 0 Å². The van der Waals surface area contributed by atoms with Gasteiger partial charge in [0.15, 0.2) is 0 Å². The fourth-order valence-corrected chi connectivity index (χ4v) is 1.89. The van der Waals surface area contributed by atoms with Gasteiger partial charge >= 0.3 is 0 Å². The molecule has 1 aromatic heterocycles. The van der Waals surface area contributed by atoms with E-state index in [1.165, 1.54) is 5.56 Å². The van der Waals surface area contributed by atoms with Crippen LogP contribution in [0.1, 0.15) is 24.7 Å². The first-order valence-electron chi connectivity index (χ1n) is 6.00. The summed E-state index contributed by atoms with van der Waals surface area (Å²) in [4.78, 5) is 0. The molecule has 0 aliphatic carbocycles. The van der Waals surface area contributed by atoms with E-state index in [4.69, 9.17) is 9.63 Å². The molecule has 0 saturated carbocycles. The zero-order chi connectivity index (χ0) is 12.1. The first kappa shape index (κ1) is 11.9. The summed E-state index contributed by atoms with van der Waals surface area (Å²) < 4.78 is 5.26. The first-order chi connectivity index (χ1) is 8.35. The first-order valence-corrected chi connectivity index (χ1v) is 6.00. The molecular formula is C14H17NO2. The summed E-state index contributed by atoms with van der Waals surface area (Å²) in [7, 11) is 0. The smallest absolute Gasteiger partial charge is 0.137 e. The highest BCUT2D eigenvalue weighted by Gasteiger charge is 2.09. The molecule has 0 fully saturated rings. The van der Waals surface area contributed by atoms with Gasteiger partial charge in [-0.15, -0.1) is 0 Å². The second-order valence-corrected chi connectivity index (χ2v) is 4.02. The normalized spacial score (nSPS) is 10.7. The minimum Gasteiger partial charge on any atom is -0.396 e. The molecule has 0 amide bonds. The number of nitrogens with zero attached hydrogens (tertiary/aromatic N) is 1. The van der Waals surface area contributed by atoms with Crippen molar-refractivity contribution in [1.82, 2.24) is 5.16 Å². The van der Waals surface area contributed by atoms with E-state index in [0.29, 0.717) is 6.42 Å².